The van der Waals surface area contributed by atoms with Crippen molar-refractivity contribution in [2.45, 2.75) is 20.8 Å². The highest BCUT2D eigenvalue weighted by Crippen LogP contribution is 2.33. The maximum Gasteiger partial charge on any atom is 0.338 e. The molecule has 0 heterocycles. The lowest BCUT2D eigenvalue weighted by molar-refractivity contribution is -0.140. The van der Waals surface area contributed by atoms with Crippen LogP contribution in [-0.4, -0.2) is 38.2 Å². The van der Waals surface area contributed by atoms with Gasteiger partial charge in [-0.1, -0.05) is 25.3 Å². The van der Waals surface area contributed by atoms with Crippen LogP contribution in [0.15, 0.2) is 60.7 Å². The molecular weight excluding hydrogens is 412 g/mol. The van der Waals surface area contributed by atoms with Crippen molar-refractivity contribution in [3.63, 3.8) is 0 Å². The van der Waals surface area contributed by atoms with Crippen molar-refractivity contribution >= 4 is 17.9 Å². The maximum absolute atomic E-state index is 12.5. The fraction of sp³-hybridized carbons (Fsp3) is 0.240. The molecule has 2 aromatic carbocycles. The zero-order valence-corrected chi connectivity index (χ0v) is 18.7. The lowest BCUT2D eigenvalue weighted by atomic mass is 10.00. The van der Waals surface area contributed by atoms with Crippen molar-refractivity contribution in [2.75, 3.05) is 20.3 Å². The smallest absolute Gasteiger partial charge is 0.338 e. The minimum atomic E-state index is -0.550. The molecule has 0 aliphatic heterocycles. The first-order valence-electron chi connectivity index (χ1n) is 9.80. The first-order chi connectivity index (χ1) is 15.1. The minimum Gasteiger partial charge on any atom is -0.493 e. The lowest BCUT2D eigenvalue weighted by Gasteiger charge is -2.12. The Morgan fingerprint density at radius 3 is 2.09 bits per heavy atom. The summed E-state index contributed by atoms with van der Waals surface area (Å²) in [5.74, 6) is -1.00. The number of carbonyl (C=O) groups is 3. The number of ether oxygens (including phenoxy) is 4. The fourth-order valence-electron chi connectivity index (χ4n) is 2.66. The number of hydrogen-bond donors (Lipinski definition) is 0. The van der Waals surface area contributed by atoms with E-state index < -0.39 is 17.9 Å². The van der Waals surface area contributed by atoms with Gasteiger partial charge in [-0.15, -0.1) is 0 Å². The van der Waals surface area contributed by atoms with E-state index in [1.807, 2.05) is 13.0 Å². The highest BCUT2D eigenvalue weighted by atomic mass is 16.6. The summed E-state index contributed by atoms with van der Waals surface area (Å²) >= 11 is 0. The molecule has 0 fully saturated rings. The van der Waals surface area contributed by atoms with Gasteiger partial charge in [-0.2, -0.15) is 0 Å². The van der Waals surface area contributed by atoms with E-state index in [2.05, 4.69) is 13.2 Å². The van der Waals surface area contributed by atoms with Gasteiger partial charge in [0.15, 0.2) is 11.5 Å². The summed E-state index contributed by atoms with van der Waals surface area (Å²) in [4.78, 5) is 35.6. The highest BCUT2D eigenvalue weighted by Gasteiger charge is 2.15. The van der Waals surface area contributed by atoms with Crippen LogP contribution in [0.3, 0.4) is 0 Å². The molecule has 2 rings (SSSR count). The van der Waals surface area contributed by atoms with Crippen LogP contribution in [-0.2, 0) is 19.1 Å². The van der Waals surface area contributed by atoms with Crippen LogP contribution in [0.1, 0.15) is 29.8 Å². The van der Waals surface area contributed by atoms with E-state index >= 15 is 0 Å². The van der Waals surface area contributed by atoms with Crippen molar-refractivity contribution in [1.82, 2.24) is 0 Å². The van der Waals surface area contributed by atoms with Gasteiger partial charge in [-0.3, -0.25) is 0 Å². The third-order valence-corrected chi connectivity index (χ3v) is 4.26. The summed E-state index contributed by atoms with van der Waals surface area (Å²) in [6.45, 7) is 11.9. The molecule has 0 spiro atoms. The molecule has 0 aliphatic carbocycles. The van der Waals surface area contributed by atoms with Crippen molar-refractivity contribution < 1.29 is 33.3 Å². The summed E-state index contributed by atoms with van der Waals surface area (Å²) in [7, 11) is 1.47. The van der Waals surface area contributed by atoms with Crippen LogP contribution in [0.5, 0.6) is 11.5 Å². The van der Waals surface area contributed by atoms with E-state index in [-0.39, 0.29) is 30.1 Å². The third-order valence-electron chi connectivity index (χ3n) is 4.26. The first kappa shape index (κ1) is 24.4. The van der Waals surface area contributed by atoms with Gasteiger partial charge in [-0.25, -0.2) is 14.4 Å². The molecule has 0 aliphatic rings. The molecule has 32 heavy (non-hydrogen) atoms. The molecule has 7 heteroatoms. The average Bonchev–Trinajstić information content (AvgIpc) is 2.75. The van der Waals surface area contributed by atoms with Gasteiger partial charge in [0, 0.05) is 11.1 Å². The molecule has 2 aromatic rings. The van der Waals surface area contributed by atoms with Gasteiger partial charge in [0.1, 0.15) is 13.2 Å². The van der Waals surface area contributed by atoms with Gasteiger partial charge < -0.3 is 18.9 Å². The van der Waals surface area contributed by atoms with Crippen LogP contribution in [0.2, 0.25) is 0 Å². The Morgan fingerprint density at radius 2 is 1.47 bits per heavy atom. The van der Waals surface area contributed by atoms with Gasteiger partial charge in [-0.05, 0) is 61.7 Å². The zero-order chi connectivity index (χ0) is 23.8. The quantitative estimate of drug-likeness (QED) is 0.248. The average molecular weight is 438 g/mol. The Hall–Kier alpha value is -3.87. The van der Waals surface area contributed by atoms with Crippen LogP contribution < -0.4 is 9.47 Å². The summed E-state index contributed by atoms with van der Waals surface area (Å²) in [6.07, 6.45) is 0. The second kappa shape index (κ2) is 10.9. The molecule has 0 N–H and O–H groups in total. The molecule has 0 bridgehead atoms. The number of rotatable bonds is 9. The molecule has 0 saturated heterocycles. The van der Waals surface area contributed by atoms with E-state index in [1.165, 1.54) is 14.0 Å². The minimum absolute atomic E-state index is 0.0579. The molecular formula is C25H26O7. The molecule has 0 amide bonds. The van der Waals surface area contributed by atoms with E-state index in [0.717, 1.165) is 16.7 Å². The predicted molar refractivity (Wildman–Crippen MR) is 120 cm³/mol. The topological polar surface area (TPSA) is 88.1 Å². The number of benzene rings is 2. The number of carbonyl (C=O) groups excluding carboxylic acids is 3. The Labute approximate surface area is 187 Å². The van der Waals surface area contributed by atoms with Gasteiger partial charge in [0.25, 0.3) is 0 Å². The van der Waals surface area contributed by atoms with Gasteiger partial charge >= 0.3 is 17.9 Å². The maximum atomic E-state index is 12.5. The highest BCUT2D eigenvalue weighted by molar-refractivity contribution is 5.92. The van der Waals surface area contributed by atoms with Crippen LogP contribution in [0.4, 0.5) is 0 Å². The normalized spacial score (nSPS) is 10.1. The SMILES string of the molecule is C=C(C)C(=O)OCCOC(=O)c1cc(C)cc(-c2ccc(OC(=O)C(=C)C)c(OC)c2)c1. The Balaban J connectivity index is 2.18. The Kier molecular flexibility index (Phi) is 8.35. The van der Waals surface area contributed by atoms with Crippen molar-refractivity contribution in [2.24, 2.45) is 0 Å². The monoisotopic (exact) mass is 438 g/mol. The van der Waals surface area contributed by atoms with Gasteiger partial charge in [0.05, 0.1) is 12.7 Å². The molecule has 0 saturated carbocycles. The molecule has 0 aromatic heterocycles. The molecule has 0 atom stereocenters. The summed E-state index contributed by atoms with van der Waals surface area (Å²) in [5, 5.41) is 0. The lowest BCUT2D eigenvalue weighted by Crippen LogP contribution is -2.14. The van der Waals surface area contributed by atoms with Gasteiger partial charge in [0.2, 0.25) is 0 Å². The van der Waals surface area contributed by atoms with E-state index in [0.29, 0.717) is 11.3 Å². The van der Waals surface area contributed by atoms with E-state index in [1.54, 1.807) is 37.3 Å². The second-order valence-corrected chi connectivity index (χ2v) is 7.18. The third kappa shape index (κ3) is 6.57. The Bertz CT molecular complexity index is 1070. The molecule has 7 nitrogen and oxygen atoms in total. The molecule has 168 valence electrons. The number of aryl methyl sites for hydroxylation is 1. The first-order valence-corrected chi connectivity index (χ1v) is 9.80. The summed E-state index contributed by atoms with van der Waals surface area (Å²) in [5.41, 5.74) is 3.25. The molecule has 0 radical (unpaired) electrons. The number of esters is 3. The predicted octanol–water partition coefficient (Wildman–Crippen LogP) is 4.43. The van der Waals surface area contributed by atoms with E-state index in [4.69, 9.17) is 18.9 Å². The standard InChI is InChI=1S/C25H26O7/c1-15(2)23(26)30-9-10-31-25(28)20-12-17(5)11-19(13-20)18-7-8-21(22(14-18)29-6)32-24(27)16(3)4/h7-8,11-14H,1,3,9-10H2,2,4-6H3. The Morgan fingerprint density at radius 1 is 0.812 bits per heavy atom. The fourth-order valence-corrected chi connectivity index (χ4v) is 2.66. The number of methoxy groups -OCH3 is 1. The van der Waals surface area contributed by atoms with Crippen LogP contribution in [0, 0.1) is 6.92 Å². The van der Waals surface area contributed by atoms with Crippen LogP contribution >= 0.6 is 0 Å². The van der Waals surface area contributed by atoms with Crippen molar-refractivity contribution in [3.05, 3.63) is 71.8 Å². The van der Waals surface area contributed by atoms with Crippen LogP contribution in [0.25, 0.3) is 11.1 Å². The zero-order valence-electron chi connectivity index (χ0n) is 18.7. The van der Waals surface area contributed by atoms with Crippen molar-refractivity contribution in [3.8, 4) is 22.6 Å². The largest absolute Gasteiger partial charge is 0.493 e. The second-order valence-electron chi connectivity index (χ2n) is 7.18. The summed E-state index contributed by atoms with van der Waals surface area (Å²) in [6, 6.07) is 10.4. The van der Waals surface area contributed by atoms with Crippen molar-refractivity contribution in [1.29, 1.82) is 0 Å². The summed E-state index contributed by atoms with van der Waals surface area (Å²) < 4.78 is 20.7. The number of hydrogen-bond acceptors (Lipinski definition) is 7. The molecule has 0 unspecified atom stereocenters. The van der Waals surface area contributed by atoms with E-state index in [9.17, 15) is 14.4 Å².